The Bertz CT molecular complexity index is 339. The third kappa shape index (κ3) is 1.63. The fourth-order valence-corrected chi connectivity index (χ4v) is 6.25. The summed E-state index contributed by atoms with van der Waals surface area (Å²) >= 11 is 4.51. The van der Waals surface area contributed by atoms with Crippen LogP contribution < -0.4 is 0 Å². The van der Waals surface area contributed by atoms with E-state index in [4.69, 9.17) is 21.7 Å². The summed E-state index contributed by atoms with van der Waals surface area (Å²) in [6.07, 6.45) is 0. The van der Waals surface area contributed by atoms with Gasteiger partial charge in [-0.25, -0.2) is 0 Å². The van der Waals surface area contributed by atoms with Crippen LogP contribution in [0.2, 0.25) is 5.02 Å². The molecule has 5 heteroatoms. The zero-order valence-corrected chi connectivity index (χ0v) is 9.29. The number of fused-ring (bicyclic) bond motifs is 1. The molecule has 1 atom stereocenters. The first kappa shape index (κ1) is 8.09. The van der Waals surface area contributed by atoms with Crippen molar-refractivity contribution in [3.8, 4) is 0 Å². The fraction of sp³-hybridized carbons (Fsp3) is 0. The minimum atomic E-state index is -1.28. The van der Waals surface area contributed by atoms with Gasteiger partial charge in [-0.1, -0.05) is 0 Å². The Labute approximate surface area is 81.1 Å². The summed E-state index contributed by atoms with van der Waals surface area (Å²) in [4.78, 5) is 1.12. The number of halogens is 2. The van der Waals surface area contributed by atoms with E-state index in [0.29, 0.717) is 0 Å². The van der Waals surface area contributed by atoms with Crippen molar-refractivity contribution in [3.63, 3.8) is 0 Å². The normalized spacial score (nSPS) is 21.1. The van der Waals surface area contributed by atoms with Gasteiger partial charge in [0.2, 0.25) is 0 Å². The zero-order valence-electron chi connectivity index (χ0n) is 5.25. The van der Waals surface area contributed by atoms with Gasteiger partial charge in [0.05, 0.1) is 0 Å². The summed E-state index contributed by atoms with van der Waals surface area (Å²) in [7, 11) is 7.55. The molecule has 11 heavy (non-hydrogen) atoms. The average molecular weight is 271 g/mol. The van der Waals surface area contributed by atoms with Gasteiger partial charge in [0.25, 0.3) is 0 Å². The molecule has 0 spiro atoms. The molecular weight excluding hydrogens is 268 g/mol. The van der Waals surface area contributed by atoms with Gasteiger partial charge in [0, 0.05) is 0 Å². The molecule has 0 saturated carbocycles. The molecule has 2 rings (SSSR count). The summed E-state index contributed by atoms with van der Waals surface area (Å²) in [6.45, 7) is 0. The van der Waals surface area contributed by atoms with Crippen LogP contribution in [0, 0.1) is 0 Å². The van der Waals surface area contributed by atoms with E-state index in [1.807, 2.05) is 18.2 Å². The third-order valence-corrected chi connectivity index (χ3v) is 6.57. The fourth-order valence-electron chi connectivity index (χ4n) is 0.800. The number of rotatable bonds is 0. The Morgan fingerprint density at radius 1 is 1.45 bits per heavy atom. The van der Waals surface area contributed by atoms with Gasteiger partial charge in [0.15, 0.2) is 0 Å². The van der Waals surface area contributed by atoms with Crippen LogP contribution in [0.3, 0.4) is 0 Å². The van der Waals surface area contributed by atoms with Crippen molar-refractivity contribution >= 4 is 49.2 Å². The third-order valence-electron chi connectivity index (χ3n) is 1.25. The standard InChI is InChI=1S/C6H3Cl2NSSe/c7-4-1-2-5-6(3-4)10-11(8)9-5/h1-3H. The molecule has 0 aliphatic carbocycles. The monoisotopic (exact) mass is 271 g/mol. The zero-order chi connectivity index (χ0) is 7.84. The van der Waals surface area contributed by atoms with E-state index in [0.717, 1.165) is 15.6 Å². The quantitative estimate of drug-likeness (QED) is 0.657. The molecule has 0 aromatic heterocycles. The van der Waals surface area contributed by atoms with E-state index < -0.39 is 11.7 Å². The molecule has 1 aliphatic rings. The Kier molecular flexibility index (Phi) is 2.26. The van der Waals surface area contributed by atoms with Crippen LogP contribution in [0.25, 0.3) is 0 Å². The van der Waals surface area contributed by atoms with Gasteiger partial charge in [-0.2, -0.15) is 0 Å². The Morgan fingerprint density at radius 2 is 2.27 bits per heavy atom. The topological polar surface area (TPSA) is 12.4 Å². The van der Waals surface area contributed by atoms with E-state index in [1.54, 1.807) is 10.2 Å². The molecule has 0 N–H and O–H groups in total. The van der Waals surface area contributed by atoms with E-state index >= 15 is 0 Å². The van der Waals surface area contributed by atoms with Crippen LogP contribution in [-0.4, -0.2) is 11.7 Å². The first-order valence-electron chi connectivity index (χ1n) is 2.86. The average Bonchev–Trinajstić information content (AvgIpc) is 2.27. The molecule has 0 radical (unpaired) electrons. The second kappa shape index (κ2) is 3.08. The Morgan fingerprint density at radius 3 is 3.09 bits per heavy atom. The molecule has 1 aromatic rings. The van der Waals surface area contributed by atoms with Crippen LogP contribution in [-0.2, 0) is 0 Å². The predicted molar refractivity (Wildman–Crippen MR) is 51.0 cm³/mol. The van der Waals surface area contributed by atoms with Crippen molar-refractivity contribution in [1.29, 1.82) is 0 Å². The summed E-state index contributed by atoms with van der Waals surface area (Å²) < 4.78 is 4.29. The van der Waals surface area contributed by atoms with Crippen LogP contribution in [0.4, 0.5) is 5.69 Å². The molecule has 1 aromatic carbocycles. The van der Waals surface area contributed by atoms with Crippen LogP contribution >= 0.6 is 31.9 Å². The molecule has 0 amide bonds. The van der Waals surface area contributed by atoms with Crippen molar-refractivity contribution in [2.45, 2.75) is 4.90 Å². The van der Waals surface area contributed by atoms with Gasteiger partial charge >= 0.3 is 81.3 Å². The van der Waals surface area contributed by atoms with E-state index in [2.05, 4.69) is 3.96 Å². The molecule has 1 unspecified atom stereocenters. The second-order valence-corrected chi connectivity index (χ2v) is 9.45. The maximum absolute atomic E-state index is 5.91. The SMILES string of the molecule is Clc1ccc2c(c1)S[Se](Cl)=N2. The Balaban J connectivity index is 2.52. The molecule has 1 heterocycles. The molecule has 1 aliphatic heterocycles. The van der Waals surface area contributed by atoms with Crippen molar-refractivity contribution in [2.75, 3.05) is 0 Å². The van der Waals surface area contributed by atoms with E-state index in [1.165, 1.54) is 0 Å². The van der Waals surface area contributed by atoms with Crippen LogP contribution in [0.1, 0.15) is 0 Å². The molecule has 0 fully saturated rings. The van der Waals surface area contributed by atoms with Crippen molar-refractivity contribution < 1.29 is 0 Å². The van der Waals surface area contributed by atoms with Crippen molar-refractivity contribution in [2.24, 2.45) is 3.96 Å². The molecular formula is C6H3Cl2NSSe. The van der Waals surface area contributed by atoms with E-state index in [9.17, 15) is 0 Å². The van der Waals surface area contributed by atoms with Gasteiger partial charge in [-0.3, -0.25) is 0 Å². The van der Waals surface area contributed by atoms with Gasteiger partial charge < -0.3 is 0 Å². The van der Waals surface area contributed by atoms with Gasteiger partial charge in [-0.05, 0) is 0 Å². The summed E-state index contributed by atoms with van der Waals surface area (Å²) in [5.74, 6) is 0. The molecule has 1 nitrogen and oxygen atoms in total. The number of benzene rings is 1. The molecule has 0 saturated heterocycles. The van der Waals surface area contributed by atoms with Gasteiger partial charge in [0.1, 0.15) is 0 Å². The summed E-state index contributed by atoms with van der Waals surface area (Å²) in [6, 6.07) is 5.67. The van der Waals surface area contributed by atoms with Crippen LogP contribution in [0.15, 0.2) is 27.1 Å². The minimum absolute atomic E-state index is 0.754. The number of hydrogen-bond donors (Lipinski definition) is 0. The number of hydrogen-bond acceptors (Lipinski definition) is 2. The maximum atomic E-state index is 5.91. The number of nitrogens with zero attached hydrogens (tertiary/aromatic N) is 1. The molecule has 58 valence electrons. The Hall–Kier alpha value is 0.469. The first-order valence-corrected chi connectivity index (χ1v) is 9.09. The summed E-state index contributed by atoms with van der Waals surface area (Å²) in [5, 5.41) is 0.754. The van der Waals surface area contributed by atoms with Crippen molar-refractivity contribution in [3.05, 3.63) is 23.2 Å². The van der Waals surface area contributed by atoms with Crippen molar-refractivity contribution in [1.82, 2.24) is 0 Å². The van der Waals surface area contributed by atoms with Gasteiger partial charge in [-0.15, -0.1) is 0 Å². The van der Waals surface area contributed by atoms with E-state index in [-0.39, 0.29) is 0 Å². The second-order valence-electron chi connectivity index (χ2n) is 1.99. The predicted octanol–water partition coefficient (Wildman–Crippen LogP) is 3.57. The molecule has 0 bridgehead atoms. The summed E-state index contributed by atoms with van der Waals surface area (Å²) in [5.41, 5.74) is 0.999. The first-order chi connectivity index (χ1) is 5.25. The van der Waals surface area contributed by atoms with Crippen LogP contribution in [0.5, 0.6) is 0 Å².